The fourth-order valence-corrected chi connectivity index (χ4v) is 3.35. The standard InChI is InChI=1S/C24H22N2O3/c1-27-18-14-19(28-2)21(20(15-18)29-3)24-25-22(16-10-6-4-7-11-16)23(26-24)17-12-8-5-9-13-17/h4-15H,1-3H3,(H,25,26). The number of hydrogen-bond donors (Lipinski definition) is 1. The maximum absolute atomic E-state index is 5.63. The number of aromatic amines is 1. The molecule has 0 fully saturated rings. The molecule has 0 aliphatic carbocycles. The van der Waals surface area contributed by atoms with Gasteiger partial charge in [-0.1, -0.05) is 60.7 Å². The third-order valence-corrected chi connectivity index (χ3v) is 4.77. The molecule has 1 N–H and O–H groups in total. The van der Waals surface area contributed by atoms with Gasteiger partial charge in [0.15, 0.2) is 0 Å². The summed E-state index contributed by atoms with van der Waals surface area (Å²) in [5.74, 6) is 2.56. The highest BCUT2D eigenvalue weighted by molar-refractivity contribution is 5.84. The molecule has 0 spiro atoms. The van der Waals surface area contributed by atoms with E-state index in [9.17, 15) is 0 Å². The first-order valence-corrected chi connectivity index (χ1v) is 9.26. The molecule has 1 aromatic heterocycles. The fraction of sp³-hybridized carbons (Fsp3) is 0.125. The summed E-state index contributed by atoms with van der Waals surface area (Å²) in [7, 11) is 4.86. The minimum Gasteiger partial charge on any atom is -0.496 e. The number of nitrogens with zero attached hydrogens (tertiary/aromatic N) is 1. The Kier molecular flexibility index (Phi) is 5.20. The Morgan fingerprint density at radius 3 is 1.76 bits per heavy atom. The quantitative estimate of drug-likeness (QED) is 0.480. The largest absolute Gasteiger partial charge is 0.496 e. The Hall–Kier alpha value is -3.73. The molecule has 4 aromatic rings. The summed E-state index contributed by atoms with van der Waals surface area (Å²) >= 11 is 0. The maximum Gasteiger partial charge on any atom is 0.146 e. The predicted octanol–water partition coefficient (Wildman–Crippen LogP) is 5.44. The maximum atomic E-state index is 5.63. The van der Waals surface area contributed by atoms with E-state index in [0.29, 0.717) is 23.1 Å². The van der Waals surface area contributed by atoms with Gasteiger partial charge in [0.2, 0.25) is 0 Å². The Labute approximate surface area is 169 Å². The van der Waals surface area contributed by atoms with Crippen molar-refractivity contribution in [2.45, 2.75) is 0 Å². The van der Waals surface area contributed by atoms with E-state index in [-0.39, 0.29) is 0 Å². The smallest absolute Gasteiger partial charge is 0.146 e. The van der Waals surface area contributed by atoms with E-state index in [1.165, 1.54) is 0 Å². The van der Waals surface area contributed by atoms with Gasteiger partial charge in [0.05, 0.1) is 32.7 Å². The van der Waals surface area contributed by atoms with Crippen LogP contribution in [0.5, 0.6) is 17.2 Å². The van der Waals surface area contributed by atoms with E-state index in [1.54, 1.807) is 21.3 Å². The van der Waals surface area contributed by atoms with Crippen molar-refractivity contribution in [3.63, 3.8) is 0 Å². The molecule has 3 aromatic carbocycles. The monoisotopic (exact) mass is 386 g/mol. The highest BCUT2D eigenvalue weighted by atomic mass is 16.5. The minimum atomic E-state index is 0.620. The fourth-order valence-electron chi connectivity index (χ4n) is 3.35. The van der Waals surface area contributed by atoms with E-state index in [2.05, 4.69) is 29.2 Å². The van der Waals surface area contributed by atoms with Gasteiger partial charge in [0, 0.05) is 23.3 Å². The molecule has 0 amide bonds. The zero-order valence-electron chi connectivity index (χ0n) is 16.6. The Morgan fingerprint density at radius 2 is 1.24 bits per heavy atom. The Morgan fingerprint density at radius 1 is 0.690 bits per heavy atom. The number of methoxy groups -OCH3 is 3. The van der Waals surface area contributed by atoms with Crippen molar-refractivity contribution in [1.29, 1.82) is 0 Å². The molecule has 0 unspecified atom stereocenters. The highest BCUT2D eigenvalue weighted by Crippen LogP contribution is 2.43. The van der Waals surface area contributed by atoms with Gasteiger partial charge < -0.3 is 19.2 Å². The van der Waals surface area contributed by atoms with Gasteiger partial charge in [-0.05, 0) is 0 Å². The number of imidazole rings is 1. The second-order valence-electron chi connectivity index (χ2n) is 6.45. The first-order valence-electron chi connectivity index (χ1n) is 9.26. The molecule has 5 heteroatoms. The number of H-pyrrole nitrogens is 1. The average molecular weight is 386 g/mol. The first-order chi connectivity index (χ1) is 14.2. The van der Waals surface area contributed by atoms with Crippen LogP contribution in [0.3, 0.4) is 0 Å². The van der Waals surface area contributed by atoms with E-state index in [1.807, 2.05) is 48.5 Å². The van der Waals surface area contributed by atoms with Gasteiger partial charge in [-0.15, -0.1) is 0 Å². The van der Waals surface area contributed by atoms with Crippen LogP contribution in [-0.2, 0) is 0 Å². The number of benzene rings is 3. The van der Waals surface area contributed by atoms with E-state index in [4.69, 9.17) is 19.2 Å². The molecule has 4 rings (SSSR count). The third-order valence-electron chi connectivity index (χ3n) is 4.77. The molecule has 146 valence electrons. The van der Waals surface area contributed by atoms with Crippen LogP contribution in [0.25, 0.3) is 33.9 Å². The Bertz CT molecular complexity index is 1020. The van der Waals surface area contributed by atoms with E-state index < -0.39 is 0 Å². The Balaban J connectivity index is 1.96. The van der Waals surface area contributed by atoms with Crippen molar-refractivity contribution in [2.75, 3.05) is 21.3 Å². The zero-order chi connectivity index (χ0) is 20.2. The SMILES string of the molecule is COc1cc(OC)c(-c2nc(-c3ccccc3)c(-c3ccccc3)[nH]2)c(OC)c1. The molecule has 0 saturated carbocycles. The zero-order valence-corrected chi connectivity index (χ0v) is 16.6. The average Bonchev–Trinajstić information content (AvgIpc) is 3.24. The van der Waals surface area contributed by atoms with Gasteiger partial charge in [-0.3, -0.25) is 0 Å². The molecule has 0 atom stereocenters. The molecular formula is C24H22N2O3. The van der Waals surface area contributed by atoms with Crippen molar-refractivity contribution in [2.24, 2.45) is 0 Å². The van der Waals surface area contributed by atoms with Gasteiger partial charge in [-0.25, -0.2) is 4.98 Å². The van der Waals surface area contributed by atoms with Crippen LogP contribution in [0.15, 0.2) is 72.8 Å². The lowest BCUT2D eigenvalue weighted by molar-refractivity contribution is 0.377. The number of rotatable bonds is 6. The van der Waals surface area contributed by atoms with Crippen LogP contribution < -0.4 is 14.2 Å². The van der Waals surface area contributed by atoms with Crippen LogP contribution in [0.2, 0.25) is 0 Å². The second kappa shape index (κ2) is 8.10. The van der Waals surface area contributed by atoms with Crippen LogP contribution in [0.4, 0.5) is 0 Å². The van der Waals surface area contributed by atoms with Crippen molar-refractivity contribution in [3.8, 4) is 51.2 Å². The molecule has 29 heavy (non-hydrogen) atoms. The summed E-state index contributed by atoms with van der Waals surface area (Å²) in [6.45, 7) is 0. The summed E-state index contributed by atoms with van der Waals surface area (Å²) < 4.78 is 16.6. The first kappa shape index (κ1) is 18.6. The molecule has 0 radical (unpaired) electrons. The number of aromatic nitrogens is 2. The van der Waals surface area contributed by atoms with Crippen LogP contribution in [0, 0.1) is 0 Å². The van der Waals surface area contributed by atoms with Crippen LogP contribution in [-0.4, -0.2) is 31.3 Å². The summed E-state index contributed by atoms with van der Waals surface area (Å²) in [5, 5.41) is 0. The number of ether oxygens (including phenoxy) is 3. The molecule has 5 nitrogen and oxygen atoms in total. The third kappa shape index (κ3) is 3.55. The lowest BCUT2D eigenvalue weighted by atomic mass is 10.1. The summed E-state index contributed by atoms with van der Waals surface area (Å²) in [6, 6.07) is 23.9. The normalized spacial score (nSPS) is 10.6. The topological polar surface area (TPSA) is 56.4 Å². The predicted molar refractivity (Wildman–Crippen MR) is 115 cm³/mol. The lowest BCUT2D eigenvalue weighted by Gasteiger charge is -2.13. The lowest BCUT2D eigenvalue weighted by Crippen LogP contribution is -1.96. The summed E-state index contributed by atoms with van der Waals surface area (Å²) in [5.41, 5.74) is 4.63. The molecule has 0 bridgehead atoms. The van der Waals surface area contributed by atoms with Crippen molar-refractivity contribution < 1.29 is 14.2 Å². The summed E-state index contributed by atoms with van der Waals surface area (Å²) in [6.07, 6.45) is 0. The highest BCUT2D eigenvalue weighted by Gasteiger charge is 2.21. The molecule has 0 saturated heterocycles. The van der Waals surface area contributed by atoms with E-state index >= 15 is 0 Å². The molecule has 0 aliphatic heterocycles. The number of nitrogens with one attached hydrogen (secondary N) is 1. The van der Waals surface area contributed by atoms with Crippen molar-refractivity contribution >= 4 is 0 Å². The van der Waals surface area contributed by atoms with Gasteiger partial charge in [-0.2, -0.15) is 0 Å². The van der Waals surface area contributed by atoms with E-state index in [0.717, 1.165) is 28.1 Å². The van der Waals surface area contributed by atoms with Crippen LogP contribution >= 0.6 is 0 Å². The van der Waals surface area contributed by atoms with Crippen molar-refractivity contribution in [1.82, 2.24) is 9.97 Å². The van der Waals surface area contributed by atoms with Gasteiger partial charge in [0.25, 0.3) is 0 Å². The summed E-state index contributed by atoms with van der Waals surface area (Å²) in [4.78, 5) is 8.43. The van der Waals surface area contributed by atoms with Gasteiger partial charge >= 0.3 is 0 Å². The van der Waals surface area contributed by atoms with Crippen molar-refractivity contribution in [3.05, 3.63) is 72.8 Å². The molecule has 1 heterocycles. The second-order valence-corrected chi connectivity index (χ2v) is 6.45. The molecular weight excluding hydrogens is 364 g/mol. The molecule has 0 aliphatic rings. The van der Waals surface area contributed by atoms with Crippen LogP contribution in [0.1, 0.15) is 0 Å². The number of hydrogen-bond acceptors (Lipinski definition) is 4. The minimum absolute atomic E-state index is 0.620. The van der Waals surface area contributed by atoms with Gasteiger partial charge in [0.1, 0.15) is 28.6 Å².